The van der Waals surface area contributed by atoms with E-state index in [1.807, 2.05) is 0 Å². The van der Waals surface area contributed by atoms with Gasteiger partial charge in [-0.05, 0) is 49.1 Å². The highest BCUT2D eigenvalue weighted by Gasteiger charge is 2.21. The van der Waals surface area contributed by atoms with Crippen LogP contribution in [0.5, 0.6) is 5.75 Å². The number of rotatable bonds is 2. The third-order valence-electron chi connectivity index (χ3n) is 3.64. The molecule has 0 saturated heterocycles. The number of benzene rings is 1. The van der Waals surface area contributed by atoms with Gasteiger partial charge < -0.3 is 9.64 Å². The van der Waals surface area contributed by atoms with E-state index in [0.29, 0.717) is 5.92 Å². The maximum Gasteiger partial charge on any atom is 0.137 e. The summed E-state index contributed by atoms with van der Waals surface area (Å²) >= 11 is 6.23. The lowest BCUT2D eigenvalue weighted by Gasteiger charge is -2.20. The molecule has 0 saturated carbocycles. The number of ether oxygens (including phenoxy) is 1. The number of hydrogen-bond acceptors (Lipinski definition) is 2. The topological polar surface area (TPSA) is 12.5 Å². The summed E-state index contributed by atoms with van der Waals surface area (Å²) in [5.41, 5.74) is 2.80. The molecule has 0 aliphatic carbocycles. The SMILES string of the molecule is CCC1CN(C)CCc2cc(OC)c(Cl)cc21. The molecule has 1 aliphatic heterocycles. The molecule has 94 valence electrons. The van der Waals surface area contributed by atoms with Crippen LogP contribution < -0.4 is 4.74 Å². The standard InChI is InChI=1S/C14H20ClNO/c1-4-10-9-16(2)6-5-11-7-14(17-3)13(15)8-12(10)11/h7-8,10H,4-6,9H2,1-3H3. The minimum Gasteiger partial charge on any atom is -0.495 e. The molecule has 1 unspecified atom stereocenters. The Bertz CT molecular complexity index is 405. The highest BCUT2D eigenvalue weighted by Crippen LogP contribution is 2.35. The van der Waals surface area contributed by atoms with Crippen LogP contribution in [0.25, 0.3) is 0 Å². The van der Waals surface area contributed by atoms with Crippen molar-refractivity contribution < 1.29 is 4.74 Å². The molecule has 1 heterocycles. The average molecular weight is 254 g/mol. The Hall–Kier alpha value is -0.730. The van der Waals surface area contributed by atoms with E-state index in [-0.39, 0.29) is 0 Å². The lowest BCUT2D eigenvalue weighted by molar-refractivity contribution is 0.322. The number of nitrogens with zero attached hydrogens (tertiary/aromatic N) is 1. The zero-order valence-electron chi connectivity index (χ0n) is 10.8. The molecule has 0 spiro atoms. The smallest absolute Gasteiger partial charge is 0.137 e. The Morgan fingerprint density at radius 3 is 2.88 bits per heavy atom. The van der Waals surface area contributed by atoms with Crippen molar-refractivity contribution in [1.82, 2.24) is 4.90 Å². The maximum absolute atomic E-state index is 6.23. The fraction of sp³-hybridized carbons (Fsp3) is 0.571. The van der Waals surface area contributed by atoms with Gasteiger partial charge in [0.05, 0.1) is 12.1 Å². The summed E-state index contributed by atoms with van der Waals surface area (Å²) in [6, 6.07) is 4.21. The van der Waals surface area contributed by atoms with Gasteiger partial charge in [-0.15, -0.1) is 0 Å². The van der Waals surface area contributed by atoms with Crippen molar-refractivity contribution in [2.45, 2.75) is 25.7 Å². The molecule has 3 heteroatoms. The first kappa shape index (κ1) is 12.7. The number of halogens is 1. The summed E-state index contributed by atoms with van der Waals surface area (Å²) in [6.45, 7) is 4.46. The molecule has 2 nitrogen and oxygen atoms in total. The Morgan fingerprint density at radius 2 is 2.24 bits per heavy atom. The lowest BCUT2D eigenvalue weighted by Crippen LogP contribution is -2.23. The normalized spacial score (nSPS) is 20.8. The Kier molecular flexibility index (Phi) is 3.95. The van der Waals surface area contributed by atoms with Gasteiger partial charge in [-0.1, -0.05) is 18.5 Å². The van der Waals surface area contributed by atoms with Crippen molar-refractivity contribution in [3.05, 3.63) is 28.3 Å². The lowest BCUT2D eigenvalue weighted by atomic mass is 9.92. The molecule has 0 amide bonds. The van der Waals surface area contributed by atoms with Gasteiger partial charge in [0, 0.05) is 13.1 Å². The summed E-state index contributed by atoms with van der Waals surface area (Å²) in [6.07, 6.45) is 2.23. The van der Waals surface area contributed by atoms with E-state index in [1.165, 1.54) is 11.1 Å². The average Bonchev–Trinajstić information content (AvgIpc) is 2.48. The molecule has 0 radical (unpaired) electrons. The molecular formula is C14H20ClNO. The number of likely N-dealkylation sites (N-methyl/N-ethyl adjacent to an activating group) is 1. The fourth-order valence-electron chi connectivity index (χ4n) is 2.59. The zero-order valence-corrected chi connectivity index (χ0v) is 11.5. The van der Waals surface area contributed by atoms with Crippen molar-refractivity contribution in [2.24, 2.45) is 0 Å². The van der Waals surface area contributed by atoms with Crippen LogP contribution in [0.4, 0.5) is 0 Å². The summed E-state index contributed by atoms with van der Waals surface area (Å²) in [7, 11) is 3.86. The van der Waals surface area contributed by atoms with Gasteiger partial charge in [-0.3, -0.25) is 0 Å². The quantitative estimate of drug-likeness (QED) is 0.802. The van der Waals surface area contributed by atoms with Crippen LogP contribution in [0.3, 0.4) is 0 Å². The van der Waals surface area contributed by atoms with Gasteiger partial charge in [0.2, 0.25) is 0 Å². The van der Waals surface area contributed by atoms with Crippen molar-refractivity contribution >= 4 is 11.6 Å². The molecule has 1 aromatic rings. The van der Waals surface area contributed by atoms with Crippen molar-refractivity contribution in [1.29, 1.82) is 0 Å². The van der Waals surface area contributed by atoms with Crippen LogP contribution in [0, 0.1) is 0 Å². The first-order chi connectivity index (χ1) is 8.15. The second-order valence-corrected chi connectivity index (χ2v) is 5.21. The van der Waals surface area contributed by atoms with Crippen LogP contribution in [-0.2, 0) is 6.42 Å². The molecule has 1 atom stereocenters. The Labute approximate surface area is 109 Å². The van der Waals surface area contributed by atoms with Gasteiger partial charge >= 0.3 is 0 Å². The van der Waals surface area contributed by atoms with Gasteiger partial charge in [0.1, 0.15) is 5.75 Å². The molecule has 0 aromatic heterocycles. The fourth-order valence-corrected chi connectivity index (χ4v) is 2.84. The largest absolute Gasteiger partial charge is 0.495 e. The van der Waals surface area contributed by atoms with E-state index < -0.39 is 0 Å². The second-order valence-electron chi connectivity index (χ2n) is 4.80. The van der Waals surface area contributed by atoms with E-state index in [1.54, 1.807) is 7.11 Å². The predicted octanol–water partition coefficient (Wildman–Crippen LogP) is 3.33. The Balaban J connectivity index is 2.44. The monoisotopic (exact) mass is 253 g/mol. The van der Waals surface area contributed by atoms with Gasteiger partial charge in [-0.2, -0.15) is 0 Å². The van der Waals surface area contributed by atoms with Crippen LogP contribution >= 0.6 is 11.6 Å². The zero-order chi connectivity index (χ0) is 12.4. The van der Waals surface area contributed by atoms with E-state index in [2.05, 4.69) is 31.0 Å². The molecular weight excluding hydrogens is 234 g/mol. The number of hydrogen-bond donors (Lipinski definition) is 0. The first-order valence-corrected chi connectivity index (χ1v) is 6.58. The van der Waals surface area contributed by atoms with Crippen LogP contribution in [0.2, 0.25) is 5.02 Å². The first-order valence-electron chi connectivity index (χ1n) is 6.20. The third kappa shape index (κ3) is 2.58. The minimum absolute atomic E-state index is 0.584. The van der Waals surface area contributed by atoms with Crippen LogP contribution in [0.1, 0.15) is 30.4 Å². The molecule has 0 fully saturated rings. The minimum atomic E-state index is 0.584. The number of fused-ring (bicyclic) bond motifs is 1. The summed E-state index contributed by atoms with van der Waals surface area (Å²) in [5, 5.41) is 0.731. The summed E-state index contributed by atoms with van der Waals surface area (Å²) in [4.78, 5) is 2.40. The van der Waals surface area contributed by atoms with Crippen molar-refractivity contribution in [2.75, 3.05) is 27.2 Å². The Morgan fingerprint density at radius 1 is 1.47 bits per heavy atom. The molecule has 1 aromatic carbocycles. The number of methoxy groups -OCH3 is 1. The van der Waals surface area contributed by atoms with Gasteiger partial charge in [0.25, 0.3) is 0 Å². The van der Waals surface area contributed by atoms with E-state index in [9.17, 15) is 0 Å². The molecule has 1 aliphatic rings. The summed E-state index contributed by atoms with van der Waals surface area (Å²) < 4.78 is 5.30. The molecule has 17 heavy (non-hydrogen) atoms. The second kappa shape index (κ2) is 5.28. The van der Waals surface area contributed by atoms with Gasteiger partial charge in [0.15, 0.2) is 0 Å². The highest BCUT2D eigenvalue weighted by atomic mass is 35.5. The van der Waals surface area contributed by atoms with Gasteiger partial charge in [-0.25, -0.2) is 0 Å². The van der Waals surface area contributed by atoms with Crippen molar-refractivity contribution in [3.63, 3.8) is 0 Å². The van der Waals surface area contributed by atoms with Crippen molar-refractivity contribution in [3.8, 4) is 5.75 Å². The summed E-state index contributed by atoms with van der Waals surface area (Å²) in [5.74, 6) is 1.38. The molecule has 0 N–H and O–H groups in total. The van der Waals surface area contributed by atoms with Crippen LogP contribution in [0.15, 0.2) is 12.1 Å². The van der Waals surface area contributed by atoms with E-state index in [0.717, 1.165) is 36.7 Å². The van der Waals surface area contributed by atoms with E-state index in [4.69, 9.17) is 16.3 Å². The predicted molar refractivity (Wildman–Crippen MR) is 72.2 cm³/mol. The third-order valence-corrected chi connectivity index (χ3v) is 3.94. The molecule has 2 rings (SSSR count). The van der Waals surface area contributed by atoms with Crippen LogP contribution in [-0.4, -0.2) is 32.1 Å². The highest BCUT2D eigenvalue weighted by molar-refractivity contribution is 6.32. The molecule has 0 bridgehead atoms. The van der Waals surface area contributed by atoms with E-state index >= 15 is 0 Å². The maximum atomic E-state index is 6.23.